The van der Waals surface area contributed by atoms with Crippen molar-refractivity contribution in [3.63, 3.8) is 0 Å². The molecule has 2 aliphatic rings. The van der Waals surface area contributed by atoms with Crippen LogP contribution in [0.3, 0.4) is 0 Å². The van der Waals surface area contributed by atoms with Crippen molar-refractivity contribution in [2.24, 2.45) is 5.92 Å². The van der Waals surface area contributed by atoms with Crippen molar-refractivity contribution in [2.45, 2.75) is 74.4 Å². The van der Waals surface area contributed by atoms with Gasteiger partial charge in [-0.1, -0.05) is 11.2 Å². The minimum Gasteiger partial charge on any atom is -0.378 e. The molecule has 0 bridgehead atoms. The molecule has 1 N–H and O–H groups in total. The van der Waals surface area contributed by atoms with E-state index in [4.69, 9.17) is 9.26 Å². The van der Waals surface area contributed by atoms with E-state index < -0.39 is 55.2 Å². The molecule has 36 heavy (non-hydrogen) atoms. The lowest BCUT2D eigenvalue weighted by atomic mass is 10.0. The van der Waals surface area contributed by atoms with Crippen molar-refractivity contribution < 1.29 is 35.6 Å². The number of amides is 1. The van der Waals surface area contributed by atoms with Gasteiger partial charge in [0.1, 0.15) is 11.3 Å². The van der Waals surface area contributed by atoms with Crippen molar-refractivity contribution in [3.8, 4) is 17.2 Å². The second-order valence-electron chi connectivity index (χ2n) is 9.33. The standard InChI is InChI=1S/C24H26F3N3O5S/c1-4-34-19-11-16(10-17(19)22(31)29-23(12-28)7-8-23)36(32,33)20-6-5-15(9-18(20)24(25,26)27)21-13(2)30-35-14(21)3/h5-6,9,16-17,19H,4,7-8,10-11H2,1-3H3,(H,29,31)/t16?,17-,19-/m1/s1. The fraction of sp³-hybridized carbons (Fsp3) is 0.542. The van der Waals surface area contributed by atoms with Crippen LogP contribution in [0.2, 0.25) is 0 Å². The molecule has 0 spiro atoms. The quantitative estimate of drug-likeness (QED) is 0.577. The predicted octanol–water partition coefficient (Wildman–Crippen LogP) is 4.11. The van der Waals surface area contributed by atoms with Gasteiger partial charge in [-0.25, -0.2) is 8.42 Å². The highest BCUT2D eigenvalue weighted by Gasteiger charge is 2.51. The molecule has 4 rings (SSSR count). The molecule has 2 aliphatic carbocycles. The van der Waals surface area contributed by atoms with E-state index in [1.54, 1.807) is 20.8 Å². The lowest BCUT2D eigenvalue weighted by molar-refractivity contribution is -0.139. The fourth-order valence-electron chi connectivity index (χ4n) is 4.83. The third-order valence-electron chi connectivity index (χ3n) is 6.86. The summed E-state index contributed by atoms with van der Waals surface area (Å²) in [5.41, 5.74) is -1.36. The second kappa shape index (κ2) is 9.19. The average Bonchev–Trinajstić information content (AvgIpc) is 3.31. The number of nitriles is 1. The highest BCUT2D eigenvalue weighted by Crippen LogP contribution is 2.43. The minimum absolute atomic E-state index is 0.128. The van der Waals surface area contributed by atoms with Crippen molar-refractivity contribution in [2.75, 3.05) is 6.61 Å². The van der Waals surface area contributed by atoms with Gasteiger partial charge >= 0.3 is 6.18 Å². The zero-order valence-corrected chi connectivity index (χ0v) is 20.8. The Hall–Kier alpha value is -2.91. The summed E-state index contributed by atoms with van der Waals surface area (Å²) in [5, 5.41) is 14.4. The molecule has 1 aromatic carbocycles. The van der Waals surface area contributed by atoms with Crippen LogP contribution in [-0.4, -0.2) is 43.0 Å². The Morgan fingerprint density at radius 2 is 2.00 bits per heavy atom. The van der Waals surface area contributed by atoms with Gasteiger partial charge in [0.25, 0.3) is 0 Å². The normalized spacial score (nSPS) is 23.3. The van der Waals surface area contributed by atoms with Gasteiger partial charge in [0, 0.05) is 12.2 Å². The van der Waals surface area contributed by atoms with Crippen LogP contribution in [-0.2, 0) is 25.5 Å². The number of aromatic nitrogens is 1. The number of hydrogen-bond donors (Lipinski definition) is 1. The van der Waals surface area contributed by atoms with Crippen LogP contribution in [0.15, 0.2) is 27.6 Å². The number of benzene rings is 1. The third kappa shape index (κ3) is 4.74. The van der Waals surface area contributed by atoms with Crippen LogP contribution in [0.1, 0.15) is 49.6 Å². The van der Waals surface area contributed by atoms with Crippen LogP contribution in [0.25, 0.3) is 11.1 Å². The Kier molecular flexibility index (Phi) is 6.68. The van der Waals surface area contributed by atoms with E-state index in [0.717, 1.165) is 12.1 Å². The highest BCUT2D eigenvalue weighted by molar-refractivity contribution is 7.92. The summed E-state index contributed by atoms with van der Waals surface area (Å²) in [5.74, 6) is -1.10. The zero-order valence-electron chi connectivity index (χ0n) is 20.0. The molecule has 1 aromatic heterocycles. The molecule has 0 saturated heterocycles. The number of carbonyl (C=O) groups excluding carboxylic acids is 1. The van der Waals surface area contributed by atoms with E-state index >= 15 is 0 Å². The maximum absolute atomic E-state index is 14.1. The van der Waals surface area contributed by atoms with Gasteiger partial charge in [-0.2, -0.15) is 18.4 Å². The number of nitrogens with one attached hydrogen (secondary N) is 1. The zero-order chi connectivity index (χ0) is 26.5. The van der Waals surface area contributed by atoms with E-state index in [1.165, 1.54) is 6.07 Å². The number of hydrogen-bond acceptors (Lipinski definition) is 7. The predicted molar refractivity (Wildman–Crippen MR) is 121 cm³/mol. The summed E-state index contributed by atoms with van der Waals surface area (Å²) in [6.45, 7) is 5.02. The molecular weight excluding hydrogens is 499 g/mol. The molecule has 2 saturated carbocycles. The van der Waals surface area contributed by atoms with Crippen LogP contribution in [0, 0.1) is 31.1 Å². The van der Waals surface area contributed by atoms with Gasteiger partial charge in [-0.3, -0.25) is 4.79 Å². The Bertz CT molecular complexity index is 1310. The van der Waals surface area contributed by atoms with Gasteiger partial charge in [-0.15, -0.1) is 0 Å². The average molecular weight is 526 g/mol. The van der Waals surface area contributed by atoms with Gasteiger partial charge in [0.2, 0.25) is 5.91 Å². The lowest BCUT2D eigenvalue weighted by Crippen LogP contribution is -2.42. The molecule has 194 valence electrons. The number of nitrogens with zero attached hydrogens (tertiary/aromatic N) is 2. The van der Waals surface area contributed by atoms with E-state index in [9.17, 15) is 31.6 Å². The fourth-order valence-corrected chi connectivity index (χ4v) is 6.83. The Morgan fingerprint density at radius 3 is 2.53 bits per heavy atom. The number of aryl methyl sites for hydroxylation is 2. The number of rotatable bonds is 7. The van der Waals surface area contributed by atoms with E-state index in [2.05, 4.69) is 10.5 Å². The summed E-state index contributed by atoms with van der Waals surface area (Å²) < 4.78 is 80.0. The SMILES string of the molecule is CCO[C@@H]1CC(S(=O)(=O)c2ccc(-c3c(C)noc3C)cc2C(F)(F)F)C[C@H]1C(=O)NC1(C#N)CC1. The Morgan fingerprint density at radius 1 is 1.31 bits per heavy atom. The first-order chi connectivity index (χ1) is 16.8. The maximum Gasteiger partial charge on any atom is 0.417 e. The monoisotopic (exact) mass is 525 g/mol. The molecule has 2 aromatic rings. The summed E-state index contributed by atoms with van der Waals surface area (Å²) in [6, 6.07) is 5.10. The first-order valence-electron chi connectivity index (χ1n) is 11.6. The minimum atomic E-state index is -4.95. The molecule has 1 amide bonds. The van der Waals surface area contributed by atoms with Crippen molar-refractivity contribution >= 4 is 15.7 Å². The van der Waals surface area contributed by atoms with Crippen LogP contribution >= 0.6 is 0 Å². The number of carbonyl (C=O) groups is 1. The van der Waals surface area contributed by atoms with Gasteiger partial charge < -0.3 is 14.6 Å². The topological polar surface area (TPSA) is 122 Å². The summed E-state index contributed by atoms with van der Waals surface area (Å²) in [7, 11) is -4.49. The second-order valence-corrected chi connectivity index (χ2v) is 11.5. The van der Waals surface area contributed by atoms with Gasteiger partial charge in [0.15, 0.2) is 9.84 Å². The Labute approximate surface area is 206 Å². The largest absolute Gasteiger partial charge is 0.417 e. The molecule has 0 aliphatic heterocycles. The van der Waals surface area contributed by atoms with E-state index in [0.29, 0.717) is 29.9 Å². The van der Waals surface area contributed by atoms with Crippen molar-refractivity contribution in [3.05, 3.63) is 35.2 Å². The van der Waals surface area contributed by atoms with E-state index in [1.807, 2.05) is 6.07 Å². The van der Waals surface area contributed by atoms with Crippen molar-refractivity contribution in [1.29, 1.82) is 5.26 Å². The molecule has 3 atom stereocenters. The molecule has 12 heteroatoms. The summed E-state index contributed by atoms with van der Waals surface area (Å²) >= 11 is 0. The molecule has 1 unspecified atom stereocenters. The van der Waals surface area contributed by atoms with Gasteiger partial charge in [-0.05, 0) is 64.2 Å². The van der Waals surface area contributed by atoms with Gasteiger partial charge in [0.05, 0.1) is 39.5 Å². The molecule has 0 radical (unpaired) electrons. The molecule has 2 fully saturated rings. The highest BCUT2D eigenvalue weighted by atomic mass is 32.2. The first-order valence-corrected chi connectivity index (χ1v) is 13.1. The van der Waals surface area contributed by atoms with Crippen LogP contribution in [0.4, 0.5) is 13.2 Å². The lowest BCUT2D eigenvalue weighted by Gasteiger charge is -2.20. The maximum atomic E-state index is 14.1. The Balaban J connectivity index is 1.69. The van der Waals surface area contributed by atoms with E-state index in [-0.39, 0.29) is 25.0 Å². The number of sulfone groups is 1. The molecular formula is C24H26F3N3O5S. The number of ether oxygens (including phenoxy) is 1. The summed E-state index contributed by atoms with van der Waals surface area (Å²) in [4.78, 5) is 12.0. The first kappa shape index (κ1) is 26.2. The molecule has 8 nitrogen and oxygen atoms in total. The number of alkyl halides is 3. The smallest absolute Gasteiger partial charge is 0.378 e. The van der Waals surface area contributed by atoms with Crippen molar-refractivity contribution in [1.82, 2.24) is 10.5 Å². The molecule has 1 heterocycles. The number of halogens is 3. The third-order valence-corrected chi connectivity index (χ3v) is 9.09. The summed E-state index contributed by atoms with van der Waals surface area (Å²) in [6.07, 6.45) is -5.08. The van der Waals surface area contributed by atoms with Crippen LogP contribution < -0.4 is 5.32 Å². The van der Waals surface area contributed by atoms with Crippen LogP contribution in [0.5, 0.6) is 0 Å².